The van der Waals surface area contributed by atoms with E-state index in [0.717, 1.165) is 17.4 Å². The van der Waals surface area contributed by atoms with Gasteiger partial charge < -0.3 is 4.42 Å². The lowest BCUT2D eigenvalue weighted by atomic mass is 10.2. The minimum absolute atomic E-state index is 0.334. The van der Waals surface area contributed by atoms with Crippen molar-refractivity contribution in [1.82, 2.24) is 15.1 Å². The van der Waals surface area contributed by atoms with Gasteiger partial charge in [0.2, 0.25) is 0 Å². The third kappa shape index (κ3) is 2.65. The van der Waals surface area contributed by atoms with Crippen LogP contribution < -0.4 is 5.32 Å². The van der Waals surface area contributed by atoms with E-state index in [2.05, 4.69) is 10.4 Å². The minimum Gasteiger partial charge on any atom is -0.463 e. The maximum atomic E-state index is 11.8. The number of thioether (sulfide) groups is 1. The van der Waals surface area contributed by atoms with Gasteiger partial charge in [-0.05, 0) is 42.1 Å². The van der Waals surface area contributed by atoms with E-state index in [-0.39, 0.29) is 5.24 Å². The standard InChI is InChI=1S/C17H11N3O3S/c21-16-14(24-17(22)18-16)9-11-10-20(12-5-2-1-3-6-12)19-15(11)13-7-4-8-23-13/h1-10H,(H,18,21,22)/b14-9+. The van der Waals surface area contributed by atoms with Gasteiger partial charge in [-0.15, -0.1) is 0 Å². The average Bonchev–Trinajstić information content (AvgIpc) is 3.29. The number of aromatic nitrogens is 2. The molecule has 118 valence electrons. The number of para-hydroxylation sites is 1. The highest BCUT2D eigenvalue weighted by Crippen LogP contribution is 2.30. The lowest BCUT2D eigenvalue weighted by Crippen LogP contribution is -2.17. The summed E-state index contributed by atoms with van der Waals surface area (Å²) in [7, 11) is 0. The lowest BCUT2D eigenvalue weighted by molar-refractivity contribution is -0.115. The first-order valence-corrected chi connectivity index (χ1v) is 7.96. The van der Waals surface area contributed by atoms with Crippen LogP contribution in [0.5, 0.6) is 0 Å². The van der Waals surface area contributed by atoms with Crippen molar-refractivity contribution in [2.24, 2.45) is 0 Å². The van der Waals surface area contributed by atoms with E-state index in [1.165, 1.54) is 0 Å². The molecule has 24 heavy (non-hydrogen) atoms. The molecule has 3 heterocycles. The fraction of sp³-hybridized carbons (Fsp3) is 0. The summed E-state index contributed by atoms with van der Waals surface area (Å²) in [5.74, 6) is 0.189. The molecule has 1 aliphatic rings. The predicted molar refractivity (Wildman–Crippen MR) is 90.4 cm³/mol. The zero-order chi connectivity index (χ0) is 16.5. The van der Waals surface area contributed by atoms with Crippen molar-refractivity contribution in [2.75, 3.05) is 0 Å². The Bertz CT molecular complexity index is 943. The van der Waals surface area contributed by atoms with Crippen LogP contribution in [-0.2, 0) is 4.79 Å². The van der Waals surface area contributed by atoms with Crippen molar-refractivity contribution < 1.29 is 14.0 Å². The number of amides is 2. The normalized spacial score (nSPS) is 15.9. The SMILES string of the molecule is O=C1NC(=O)/C(=C\c2cn(-c3ccccc3)nc2-c2ccco2)S1. The molecule has 1 N–H and O–H groups in total. The molecule has 1 aromatic carbocycles. The van der Waals surface area contributed by atoms with Crippen LogP contribution in [0.1, 0.15) is 5.56 Å². The molecular formula is C17H11N3O3S. The fourth-order valence-corrected chi connectivity index (χ4v) is 3.05. The van der Waals surface area contributed by atoms with E-state index in [4.69, 9.17) is 4.42 Å². The monoisotopic (exact) mass is 337 g/mol. The Kier molecular flexibility index (Phi) is 3.55. The van der Waals surface area contributed by atoms with Gasteiger partial charge in [0.1, 0.15) is 5.69 Å². The Labute approximate surface area is 141 Å². The quantitative estimate of drug-likeness (QED) is 0.741. The molecule has 0 aliphatic carbocycles. The fourth-order valence-electron chi connectivity index (χ4n) is 2.37. The molecule has 1 saturated heterocycles. The Morgan fingerprint density at radius 1 is 1.12 bits per heavy atom. The maximum absolute atomic E-state index is 11.8. The van der Waals surface area contributed by atoms with Crippen LogP contribution >= 0.6 is 11.8 Å². The third-order valence-corrected chi connectivity index (χ3v) is 4.26. The first-order valence-electron chi connectivity index (χ1n) is 7.14. The van der Waals surface area contributed by atoms with Crippen LogP contribution in [0.3, 0.4) is 0 Å². The van der Waals surface area contributed by atoms with Gasteiger partial charge in [0, 0.05) is 11.8 Å². The predicted octanol–water partition coefficient (Wildman–Crippen LogP) is 3.46. The number of carbonyl (C=O) groups is 2. The van der Waals surface area contributed by atoms with E-state index in [1.54, 1.807) is 35.4 Å². The molecule has 0 radical (unpaired) electrons. The summed E-state index contributed by atoms with van der Waals surface area (Å²) in [4.78, 5) is 23.5. The Balaban J connectivity index is 1.83. The van der Waals surface area contributed by atoms with E-state index in [0.29, 0.717) is 21.9 Å². The van der Waals surface area contributed by atoms with E-state index in [9.17, 15) is 9.59 Å². The second kappa shape index (κ2) is 5.86. The minimum atomic E-state index is -0.400. The number of nitrogens with one attached hydrogen (secondary N) is 1. The van der Waals surface area contributed by atoms with Gasteiger partial charge in [-0.1, -0.05) is 18.2 Å². The lowest BCUT2D eigenvalue weighted by Gasteiger charge is -1.98. The van der Waals surface area contributed by atoms with Crippen LogP contribution in [0.4, 0.5) is 4.79 Å². The molecule has 0 saturated carbocycles. The number of hydrogen-bond donors (Lipinski definition) is 1. The highest BCUT2D eigenvalue weighted by molar-refractivity contribution is 8.18. The number of furan rings is 1. The summed E-state index contributed by atoms with van der Waals surface area (Å²) in [6.45, 7) is 0. The molecule has 2 aromatic heterocycles. The topological polar surface area (TPSA) is 77.1 Å². The highest BCUT2D eigenvalue weighted by atomic mass is 32.2. The van der Waals surface area contributed by atoms with Gasteiger partial charge in [0.05, 0.1) is 16.9 Å². The molecule has 1 fully saturated rings. The molecule has 6 nitrogen and oxygen atoms in total. The average molecular weight is 337 g/mol. The molecule has 3 aromatic rings. The number of benzene rings is 1. The Morgan fingerprint density at radius 2 is 1.96 bits per heavy atom. The summed E-state index contributed by atoms with van der Waals surface area (Å²) in [5, 5.41) is 6.43. The molecule has 7 heteroatoms. The summed E-state index contributed by atoms with van der Waals surface area (Å²) in [6.07, 6.45) is 5.01. The number of nitrogens with zero attached hydrogens (tertiary/aromatic N) is 2. The van der Waals surface area contributed by atoms with Gasteiger partial charge in [-0.2, -0.15) is 5.10 Å². The molecule has 0 atom stereocenters. The molecule has 0 spiro atoms. The zero-order valence-corrected chi connectivity index (χ0v) is 13.1. The summed E-state index contributed by atoms with van der Waals surface area (Å²) < 4.78 is 7.15. The van der Waals surface area contributed by atoms with E-state index >= 15 is 0 Å². The van der Waals surface area contributed by atoms with Crippen molar-refractivity contribution in [3.63, 3.8) is 0 Å². The Morgan fingerprint density at radius 3 is 2.62 bits per heavy atom. The summed E-state index contributed by atoms with van der Waals surface area (Å²) in [5.41, 5.74) is 2.18. The number of imide groups is 1. The zero-order valence-electron chi connectivity index (χ0n) is 12.3. The van der Waals surface area contributed by atoms with E-state index < -0.39 is 5.91 Å². The summed E-state index contributed by atoms with van der Waals surface area (Å²) in [6, 6.07) is 13.2. The second-order valence-electron chi connectivity index (χ2n) is 5.04. The van der Waals surface area contributed by atoms with Crippen LogP contribution in [0.2, 0.25) is 0 Å². The van der Waals surface area contributed by atoms with Crippen LogP contribution in [0, 0.1) is 0 Å². The van der Waals surface area contributed by atoms with Crippen molar-refractivity contribution in [2.45, 2.75) is 0 Å². The number of rotatable bonds is 3. The van der Waals surface area contributed by atoms with Crippen LogP contribution in [0.15, 0.2) is 64.2 Å². The van der Waals surface area contributed by atoms with Gasteiger partial charge in [-0.25, -0.2) is 4.68 Å². The third-order valence-electron chi connectivity index (χ3n) is 3.45. The largest absolute Gasteiger partial charge is 0.463 e. The number of carbonyl (C=O) groups excluding carboxylic acids is 2. The summed E-state index contributed by atoms with van der Waals surface area (Å²) >= 11 is 0.873. The molecule has 1 aliphatic heterocycles. The Hall–Kier alpha value is -3.06. The van der Waals surface area contributed by atoms with Crippen LogP contribution in [0.25, 0.3) is 23.2 Å². The second-order valence-corrected chi connectivity index (χ2v) is 6.06. The number of hydrogen-bond acceptors (Lipinski definition) is 5. The molecule has 4 rings (SSSR count). The first kappa shape index (κ1) is 14.5. The van der Waals surface area contributed by atoms with Crippen molar-refractivity contribution >= 4 is 29.0 Å². The highest BCUT2D eigenvalue weighted by Gasteiger charge is 2.26. The molecular weight excluding hydrogens is 326 g/mol. The van der Waals surface area contributed by atoms with Crippen molar-refractivity contribution in [1.29, 1.82) is 0 Å². The van der Waals surface area contributed by atoms with Gasteiger partial charge in [-0.3, -0.25) is 14.9 Å². The van der Waals surface area contributed by atoms with E-state index in [1.807, 2.05) is 30.3 Å². The first-order chi connectivity index (χ1) is 11.7. The van der Waals surface area contributed by atoms with Crippen molar-refractivity contribution in [3.05, 3.63) is 65.4 Å². The molecule has 2 amide bonds. The molecule has 0 bridgehead atoms. The van der Waals surface area contributed by atoms with Crippen molar-refractivity contribution in [3.8, 4) is 17.1 Å². The van der Waals surface area contributed by atoms with Gasteiger partial charge in [0.25, 0.3) is 11.1 Å². The van der Waals surface area contributed by atoms with Crippen LogP contribution in [-0.4, -0.2) is 20.9 Å². The molecule has 0 unspecified atom stereocenters. The maximum Gasteiger partial charge on any atom is 0.290 e. The smallest absolute Gasteiger partial charge is 0.290 e. The van der Waals surface area contributed by atoms with Gasteiger partial charge >= 0.3 is 0 Å². The van der Waals surface area contributed by atoms with Gasteiger partial charge in [0.15, 0.2) is 5.76 Å².